The molecule has 3 atom stereocenters. The average Bonchev–Trinajstić information content (AvgIpc) is 2.22. The van der Waals surface area contributed by atoms with Crippen LogP contribution in [0, 0.1) is 5.92 Å². The first-order valence-corrected chi connectivity index (χ1v) is 5.10. The first kappa shape index (κ1) is 12.4. The van der Waals surface area contributed by atoms with Crippen molar-refractivity contribution in [2.24, 2.45) is 11.7 Å². The normalized spacial score (nSPS) is 31.9. The molecule has 0 spiro atoms. The van der Waals surface area contributed by atoms with Crippen LogP contribution in [0.3, 0.4) is 0 Å². The molecule has 1 rings (SSSR count). The molecule has 0 aromatic rings. The van der Waals surface area contributed by atoms with Crippen LogP contribution in [0.25, 0.3) is 0 Å². The van der Waals surface area contributed by atoms with Gasteiger partial charge < -0.3 is 20.7 Å². The van der Waals surface area contributed by atoms with Gasteiger partial charge in [0, 0.05) is 0 Å². The fraction of sp³-hybridized carbons (Fsp3) is 0.636. The second-order valence-electron chi connectivity index (χ2n) is 4.00. The summed E-state index contributed by atoms with van der Waals surface area (Å²) in [5, 5.41) is 17.7. The Morgan fingerprint density at radius 1 is 1.53 bits per heavy atom. The van der Waals surface area contributed by atoms with Crippen molar-refractivity contribution in [2.75, 3.05) is 19.8 Å². The zero-order chi connectivity index (χ0) is 11.3. The topological polar surface area (TPSA) is 75.7 Å². The summed E-state index contributed by atoms with van der Waals surface area (Å²) in [5.74, 6) is 0.203. The molecule has 0 aromatic carbocycles. The van der Waals surface area contributed by atoms with Crippen molar-refractivity contribution in [2.45, 2.75) is 18.6 Å². The lowest BCUT2D eigenvalue weighted by molar-refractivity contribution is -0.00756. The van der Waals surface area contributed by atoms with E-state index in [-0.39, 0.29) is 19.1 Å². The highest BCUT2D eigenvalue weighted by atomic mass is 16.5. The van der Waals surface area contributed by atoms with Gasteiger partial charge in [-0.05, 0) is 5.92 Å². The van der Waals surface area contributed by atoms with Crippen molar-refractivity contribution in [3.05, 3.63) is 24.3 Å². The van der Waals surface area contributed by atoms with Crippen LogP contribution in [0.5, 0.6) is 0 Å². The van der Waals surface area contributed by atoms with E-state index >= 15 is 0 Å². The summed E-state index contributed by atoms with van der Waals surface area (Å²) in [6, 6.07) is 0. The van der Waals surface area contributed by atoms with Crippen LogP contribution in [0.4, 0.5) is 0 Å². The molecule has 3 unspecified atom stereocenters. The first-order chi connectivity index (χ1) is 7.08. The second kappa shape index (κ2) is 5.42. The SMILES string of the molecule is CC1C=CC=CC1(N)COCC(O)CO. The lowest BCUT2D eigenvalue weighted by Gasteiger charge is -2.32. The van der Waals surface area contributed by atoms with Crippen LogP contribution in [0.1, 0.15) is 6.92 Å². The van der Waals surface area contributed by atoms with E-state index in [0.29, 0.717) is 6.61 Å². The Kier molecular flexibility index (Phi) is 4.47. The molecule has 0 aromatic heterocycles. The van der Waals surface area contributed by atoms with Gasteiger partial charge in [-0.25, -0.2) is 0 Å². The van der Waals surface area contributed by atoms with Gasteiger partial charge in [-0.2, -0.15) is 0 Å². The van der Waals surface area contributed by atoms with E-state index in [0.717, 1.165) is 0 Å². The van der Waals surface area contributed by atoms with Crippen LogP contribution in [0.15, 0.2) is 24.3 Å². The summed E-state index contributed by atoms with van der Waals surface area (Å²) in [7, 11) is 0. The zero-order valence-corrected chi connectivity index (χ0v) is 8.97. The summed E-state index contributed by atoms with van der Waals surface area (Å²) in [5.41, 5.74) is 5.61. The number of aliphatic hydroxyl groups is 2. The molecule has 0 bridgehead atoms. The summed E-state index contributed by atoms with van der Waals surface area (Å²) >= 11 is 0. The Labute approximate surface area is 90.0 Å². The van der Waals surface area contributed by atoms with Gasteiger partial charge in [0.25, 0.3) is 0 Å². The molecule has 1 aliphatic carbocycles. The molecular formula is C11H19NO3. The first-order valence-electron chi connectivity index (χ1n) is 5.10. The minimum absolute atomic E-state index is 0.111. The third-order valence-corrected chi connectivity index (χ3v) is 2.64. The molecule has 0 radical (unpaired) electrons. The molecule has 0 amide bonds. The van der Waals surface area contributed by atoms with Gasteiger partial charge in [0.1, 0.15) is 6.10 Å². The van der Waals surface area contributed by atoms with E-state index in [9.17, 15) is 0 Å². The highest BCUT2D eigenvalue weighted by molar-refractivity contribution is 5.22. The molecule has 0 fully saturated rings. The standard InChI is InChI=1S/C11H19NO3/c1-9-4-2-3-5-11(9,12)8-15-7-10(14)6-13/h2-5,9-10,13-14H,6-8,12H2,1H3. The number of ether oxygens (including phenoxy) is 1. The van der Waals surface area contributed by atoms with Crippen molar-refractivity contribution in [3.63, 3.8) is 0 Å². The van der Waals surface area contributed by atoms with E-state index in [1.165, 1.54) is 0 Å². The molecule has 0 saturated heterocycles. The van der Waals surface area contributed by atoms with E-state index in [2.05, 4.69) is 0 Å². The maximum atomic E-state index is 9.09. The van der Waals surface area contributed by atoms with Gasteiger partial charge in [-0.3, -0.25) is 0 Å². The predicted molar refractivity (Wildman–Crippen MR) is 58.3 cm³/mol. The van der Waals surface area contributed by atoms with Crippen LogP contribution in [0.2, 0.25) is 0 Å². The number of nitrogens with two attached hydrogens (primary N) is 1. The number of hydrogen-bond donors (Lipinski definition) is 3. The number of aliphatic hydroxyl groups excluding tert-OH is 2. The Hall–Kier alpha value is -0.680. The molecule has 0 aliphatic heterocycles. The Morgan fingerprint density at radius 2 is 2.27 bits per heavy atom. The van der Waals surface area contributed by atoms with Crippen LogP contribution < -0.4 is 5.73 Å². The highest BCUT2D eigenvalue weighted by Crippen LogP contribution is 2.21. The molecular weight excluding hydrogens is 194 g/mol. The van der Waals surface area contributed by atoms with Gasteiger partial charge in [-0.15, -0.1) is 0 Å². The minimum Gasteiger partial charge on any atom is -0.394 e. The van der Waals surface area contributed by atoms with Gasteiger partial charge in [0.15, 0.2) is 0 Å². The summed E-state index contributed by atoms with van der Waals surface area (Å²) in [4.78, 5) is 0. The molecule has 1 aliphatic rings. The van der Waals surface area contributed by atoms with Crippen molar-refractivity contribution in [1.82, 2.24) is 0 Å². The number of allylic oxidation sites excluding steroid dienone is 2. The molecule has 4 N–H and O–H groups in total. The van der Waals surface area contributed by atoms with E-state index in [4.69, 9.17) is 20.7 Å². The fourth-order valence-electron chi connectivity index (χ4n) is 1.40. The van der Waals surface area contributed by atoms with Crippen LogP contribution >= 0.6 is 0 Å². The van der Waals surface area contributed by atoms with Crippen LogP contribution in [-0.4, -0.2) is 41.7 Å². The van der Waals surface area contributed by atoms with Crippen LogP contribution in [-0.2, 0) is 4.74 Å². The largest absolute Gasteiger partial charge is 0.394 e. The Morgan fingerprint density at radius 3 is 2.87 bits per heavy atom. The predicted octanol–water partition coefficient (Wildman–Crippen LogP) is -0.184. The van der Waals surface area contributed by atoms with Gasteiger partial charge in [0.2, 0.25) is 0 Å². The van der Waals surface area contributed by atoms with E-state index < -0.39 is 11.6 Å². The quantitative estimate of drug-likeness (QED) is 0.592. The van der Waals surface area contributed by atoms with Crippen molar-refractivity contribution >= 4 is 0 Å². The summed E-state index contributed by atoms with van der Waals surface area (Å²) < 4.78 is 5.28. The lowest BCUT2D eigenvalue weighted by atomic mass is 9.83. The average molecular weight is 213 g/mol. The lowest BCUT2D eigenvalue weighted by Crippen LogP contribution is -2.49. The molecule has 0 heterocycles. The number of hydrogen-bond acceptors (Lipinski definition) is 4. The third-order valence-electron chi connectivity index (χ3n) is 2.64. The van der Waals surface area contributed by atoms with Gasteiger partial charge in [0.05, 0.1) is 25.4 Å². The monoisotopic (exact) mass is 213 g/mol. The molecule has 0 saturated carbocycles. The zero-order valence-electron chi connectivity index (χ0n) is 8.97. The Bertz CT molecular complexity index is 252. The summed E-state index contributed by atoms with van der Waals surface area (Å²) in [6.07, 6.45) is 6.95. The maximum Gasteiger partial charge on any atom is 0.100 e. The molecule has 86 valence electrons. The van der Waals surface area contributed by atoms with Crippen molar-refractivity contribution in [3.8, 4) is 0 Å². The maximum absolute atomic E-state index is 9.09. The molecule has 4 heteroatoms. The second-order valence-corrected chi connectivity index (χ2v) is 4.00. The molecule has 4 nitrogen and oxygen atoms in total. The van der Waals surface area contributed by atoms with Crippen molar-refractivity contribution in [1.29, 1.82) is 0 Å². The van der Waals surface area contributed by atoms with Gasteiger partial charge in [-0.1, -0.05) is 31.2 Å². The smallest absolute Gasteiger partial charge is 0.100 e. The van der Waals surface area contributed by atoms with E-state index in [1.54, 1.807) is 0 Å². The Balaban J connectivity index is 2.37. The third kappa shape index (κ3) is 3.43. The van der Waals surface area contributed by atoms with Gasteiger partial charge >= 0.3 is 0 Å². The minimum atomic E-state index is -0.827. The van der Waals surface area contributed by atoms with E-state index in [1.807, 2.05) is 31.2 Å². The number of rotatable bonds is 5. The van der Waals surface area contributed by atoms with Crippen molar-refractivity contribution < 1.29 is 14.9 Å². The summed E-state index contributed by atoms with van der Waals surface area (Å²) in [6.45, 7) is 2.18. The molecule has 15 heavy (non-hydrogen) atoms. The highest BCUT2D eigenvalue weighted by Gasteiger charge is 2.29. The fourth-order valence-corrected chi connectivity index (χ4v) is 1.40.